The van der Waals surface area contributed by atoms with Crippen molar-refractivity contribution >= 4 is 12.4 Å². The van der Waals surface area contributed by atoms with Crippen molar-refractivity contribution in [3.05, 3.63) is 59.8 Å². The fraction of sp³-hybridized carbons (Fsp3) is 0.0588. The molecule has 23 heavy (non-hydrogen) atoms. The lowest BCUT2D eigenvalue weighted by molar-refractivity contribution is 0.403. The highest BCUT2D eigenvalue weighted by molar-refractivity contribution is 5.85. The van der Waals surface area contributed by atoms with Crippen LogP contribution in [0.15, 0.2) is 58.7 Å². The molecule has 0 fully saturated rings. The van der Waals surface area contributed by atoms with Crippen molar-refractivity contribution < 1.29 is 20.4 Å². The predicted molar refractivity (Wildman–Crippen MR) is 88.7 cm³/mol. The molecule has 0 bridgehead atoms. The maximum absolute atomic E-state index is 9.59. The number of para-hydroxylation sites is 2. The standard InChI is InChI=1S/C17H16N2O4/c20-14-6-1-4-12(16(14)22)10-18-8-3-9-19-11-13-5-2-7-15(21)17(13)23/h1-8,10-11,20-23H,9H2/b8-3+,18-10?,19-11?. The van der Waals surface area contributed by atoms with Crippen LogP contribution in [0.1, 0.15) is 11.1 Å². The van der Waals surface area contributed by atoms with Crippen LogP contribution in [0.3, 0.4) is 0 Å². The average molecular weight is 312 g/mol. The SMILES string of the molecule is Oc1cccc(C=N/C=C/CN=Cc2cccc(O)c2O)c1O. The van der Waals surface area contributed by atoms with E-state index < -0.39 is 0 Å². The van der Waals surface area contributed by atoms with Gasteiger partial charge in [0.1, 0.15) is 0 Å². The third-order valence-electron chi connectivity index (χ3n) is 2.94. The van der Waals surface area contributed by atoms with Crippen LogP contribution in [-0.4, -0.2) is 39.4 Å². The Morgan fingerprint density at radius 1 is 0.783 bits per heavy atom. The largest absolute Gasteiger partial charge is 0.504 e. The van der Waals surface area contributed by atoms with Gasteiger partial charge in [-0.3, -0.25) is 9.98 Å². The van der Waals surface area contributed by atoms with Crippen LogP contribution in [0.5, 0.6) is 23.0 Å². The van der Waals surface area contributed by atoms with Crippen LogP contribution in [-0.2, 0) is 0 Å². The molecule has 2 aromatic rings. The molecular weight excluding hydrogens is 296 g/mol. The number of nitrogens with zero attached hydrogens (tertiary/aromatic N) is 2. The number of hydrogen-bond acceptors (Lipinski definition) is 6. The van der Waals surface area contributed by atoms with Crippen molar-refractivity contribution in [1.82, 2.24) is 0 Å². The Hall–Kier alpha value is -3.28. The fourth-order valence-corrected chi connectivity index (χ4v) is 1.75. The third kappa shape index (κ3) is 4.34. The maximum atomic E-state index is 9.59. The maximum Gasteiger partial charge on any atom is 0.166 e. The number of hydrogen-bond donors (Lipinski definition) is 4. The molecule has 0 aliphatic rings. The molecule has 2 aromatic carbocycles. The topological polar surface area (TPSA) is 106 Å². The summed E-state index contributed by atoms with van der Waals surface area (Å²) in [5.41, 5.74) is 0.828. The summed E-state index contributed by atoms with van der Waals surface area (Å²) >= 11 is 0. The summed E-state index contributed by atoms with van der Waals surface area (Å²) in [6, 6.07) is 9.23. The molecule has 0 aliphatic heterocycles. The van der Waals surface area contributed by atoms with E-state index >= 15 is 0 Å². The monoisotopic (exact) mass is 312 g/mol. The van der Waals surface area contributed by atoms with Gasteiger partial charge in [-0.1, -0.05) is 12.1 Å². The minimum absolute atomic E-state index is 0.194. The van der Waals surface area contributed by atoms with Gasteiger partial charge in [-0.05, 0) is 30.3 Å². The van der Waals surface area contributed by atoms with Gasteiger partial charge in [0, 0.05) is 29.8 Å². The highest BCUT2D eigenvalue weighted by Gasteiger charge is 2.02. The molecule has 6 nitrogen and oxygen atoms in total. The van der Waals surface area contributed by atoms with E-state index in [4.69, 9.17) is 0 Å². The Morgan fingerprint density at radius 3 is 1.96 bits per heavy atom. The Labute approximate surface area is 133 Å². The summed E-state index contributed by atoms with van der Waals surface area (Å²) in [4.78, 5) is 8.05. The summed E-state index contributed by atoms with van der Waals surface area (Å²) in [5.74, 6) is -0.826. The van der Waals surface area contributed by atoms with Gasteiger partial charge >= 0.3 is 0 Å². The van der Waals surface area contributed by atoms with E-state index in [0.717, 1.165) is 0 Å². The second-order valence-electron chi connectivity index (χ2n) is 4.59. The highest BCUT2D eigenvalue weighted by Crippen LogP contribution is 2.27. The average Bonchev–Trinajstić information content (AvgIpc) is 2.54. The van der Waals surface area contributed by atoms with E-state index in [1.807, 2.05) is 0 Å². The van der Waals surface area contributed by atoms with Gasteiger partial charge in [0.15, 0.2) is 23.0 Å². The van der Waals surface area contributed by atoms with Gasteiger partial charge in [0.05, 0.1) is 6.54 Å². The molecule has 0 atom stereocenters. The van der Waals surface area contributed by atoms with Crippen molar-refractivity contribution in [2.24, 2.45) is 9.98 Å². The number of phenolic OH excluding ortho intramolecular Hbond substituents is 4. The zero-order chi connectivity index (χ0) is 16.7. The van der Waals surface area contributed by atoms with E-state index in [2.05, 4.69) is 9.98 Å². The molecule has 0 heterocycles. The number of aromatic hydroxyl groups is 4. The van der Waals surface area contributed by atoms with Crippen molar-refractivity contribution in [2.75, 3.05) is 6.54 Å². The molecule has 0 aliphatic carbocycles. The lowest BCUT2D eigenvalue weighted by atomic mass is 10.2. The van der Waals surface area contributed by atoms with Crippen molar-refractivity contribution in [1.29, 1.82) is 0 Å². The van der Waals surface area contributed by atoms with E-state index in [-0.39, 0.29) is 23.0 Å². The van der Waals surface area contributed by atoms with Gasteiger partial charge in [-0.25, -0.2) is 0 Å². The quantitative estimate of drug-likeness (QED) is 0.503. The first-order valence-electron chi connectivity index (χ1n) is 6.79. The first-order valence-corrected chi connectivity index (χ1v) is 6.79. The minimum Gasteiger partial charge on any atom is -0.504 e. The molecule has 118 valence electrons. The van der Waals surface area contributed by atoms with Crippen molar-refractivity contribution in [3.8, 4) is 23.0 Å². The van der Waals surface area contributed by atoms with Gasteiger partial charge in [0.25, 0.3) is 0 Å². The number of phenols is 4. The van der Waals surface area contributed by atoms with E-state index in [1.54, 1.807) is 30.3 Å². The molecule has 0 aromatic heterocycles. The zero-order valence-electron chi connectivity index (χ0n) is 12.2. The van der Waals surface area contributed by atoms with Gasteiger partial charge in [-0.2, -0.15) is 0 Å². The number of rotatable bonds is 5. The highest BCUT2D eigenvalue weighted by atomic mass is 16.3. The summed E-state index contributed by atoms with van der Waals surface area (Å²) in [5, 5.41) is 37.8. The Bertz CT molecular complexity index is 767. The molecule has 4 N–H and O–H groups in total. The number of aliphatic imine (C=N–C) groups is 2. The van der Waals surface area contributed by atoms with Gasteiger partial charge < -0.3 is 20.4 Å². The normalized spacial score (nSPS) is 11.8. The minimum atomic E-state index is -0.220. The van der Waals surface area contributed by atoms with Gasteiger partial charge in [0.2, 0.25) is 0 Å². The summed E-state index contributed by atoms with van der Waals surface area (Å²) in [7, 11) is 0. The molecule has 6 heteroatoms. The first-order chi connectivity index (χ1) is 11.1. The molecule has 0 amide bonds. The molecule has 0 spiro atoms. The van der Waals surface area contributed by atoms with Crippen LogP contribution in [0, 0.1) is 0 Å². The second kappa shape index (κ2) is 7.65. The van der Waals surface area contributed by atoms with E-state index in [0.29, 0.717) is 17.7 Å². The molecular formula is C17H16N2O4. The van der Waals surface area contributed by atoms with Crippen molar-refractivity contribution in [3.63, 3.8) is 0 Å². The zero-order valence-corrected chi connectivity index (χ0v) is 12.2. The van der Waals surface area contributed by atoms with Crippen LogP contribution < -0.4 is 0 Å². The Balaban J connectivity index is 1.90. The summed E-state index contributed by atoms with van der Waals surface area (Å²) in [6.07, 6.45) is 6.04. The first kappa shape index (κ1) is 16.1. The molecule has 0 radical (unpaired) electrons. The predicted octanol–water partition coefficient (Wildman–Crippen LogP) is 2.56. The van der Waals surface area contributed by atoms with E-state index in [9.17, 15) is 20.4 Å². The summed E-state index contributed by atoms with van der Waals surface area (Å²) < 4.78 is 0. The number of benzene rings is 2. The van der Waals surface area contributed by atoms with Crippen LogP contribution in [0.4, 0.5) is 0 Å². The fourth-order valence-electron chi connectivity index (χ4n) is 1.75. The molecule has 0 saturated carbocycles. The van der Waals surface area contributed by atoms with E-state index in [1.165, 1.54) is 30.8 Å². The summed E-state index contributed by atoms with van der Waals surface area (Å²) in [6.45, 7) is 0.332. The second-order valence-corrected chi connectivity index (χ2v) is 4.59. The van der Waals surface area contributed by atoms with Crippen molar-refractivity contribution in [2.45, 2.75) is 0 Å². The third-order valence-corrected chi connectivity index (χ3v) is 2.94. The Kier molecular flexibility index (Phi) is 5.35. The molecule has 0 unspecified atom stereocenters. The Morgan fingerprint density at radius 2 is 1.35 bits per heavy atom. The van der Waals surface area contributed by atoms with Crippen LogP contribution in [0.2, 0.25) is 0 Å². The van der Waals surface area contributed by atoms with Crippen LogP contribution >= 0.6 is 0 Å². The van der Waals surface area contributed by atoms with Crippen LogP contribution in [0.25, 0.3) is 0 Å². The molecule has 2 rings (SSSR count). The smallest absolute Gasteiger partial charge is 0.166 e. The lowest BCUT2D eigenvalue weighted by Gasteiger charge is -1.99. The lowest BCUT2D eigenvalue weighted by Crippen LogP contribution is -1.84. The van der Waals surface area contributed by atoms with Gasteiger partial charge in [-0.15, -0.1) is 0 Å². The molecule has 0 saturated heterocycles.